The summed E-state index contributed by atoms with van der Waals surface area (Å²) >= 11 is 3.46. The summed E-state index contributed by atoms with van der Waals surface area (Å²) in [6.45, 7) is 8.06. The number of rotatable bonds is 5. The maximum atomic E-state index is 5.61. The molecule has 0 aliphatic carbocycles. The van der Waals surface area contributed by atoms with Gasteiger partial charge in [0.05, 0.1) is 0 Å². The standard InChI is InChI=1S/C13H19BrN2/c1-9(2)4-7-13(16-15)12-6-5-11(14)8-10(12)3/h5-6,8,13,16H,1,4,7,15H2,2-3H3. The quantitative estimate of drug-likeness (QED) is 0.492. The van der Waals surface area contributed by atoms with Gasteiger partial charge in [-0.2, -0.15) is 0 Å². The Hall–Kier alpha value is -0.640. The molecule has 3 heteroatoms. The fraction of sp³-hybridized carbons (Fsp3) is 0.385. The number of hydrazine groups is 1. The minimum absolute atomic E-state index is 0.199. The fourth-order valence-electron chi connectivity index (χ4n) is 1.75. The van der Waals surface area contributed by atoms with E-state index in [1.807, 2.05) is 13.0 Å². The molecule has 1 rings (SSSR count). The van der Waals surface area contributed by atoms with Crippen LogP contribution in [0.25, 0.3) is 0 Å². The van der Waals surface area contributed by atoms with Gasteiger partial charge in [0, 0.05) is 10.5 Å². The average Bonchev–Trinajstić information content (AvgIpc) is 2.21. The molecule has 0 aliphatic rings. The van der Waals surface area contributed by atoms with Crippen molar-refractivity contribution in [3.05, 3.63) is 46.0 Å². The van der Waals surface area contributed by atoms with Crippen LogP contribution in [0.4, 0.5) is 0 Å². The molecule has 0 bridgehead atoms. The molecule has 0 aromatic heterocycles. The van der Waals surface area contributed by atoms with E-state index in [1.54, 1.807) is 0 Å². The largest absolute Gasteiger partial charge is 0.271 e. The Labute approximate surface area is 106 Å². The van der Waals surface area contributed by atoms with Crippen molar-refractivity contribution in [3.63, 3.8) is 0 Å². The number of aryl methyl sites for hydroxylation is 1. The molecule has 0 saturated carbocycles. The van der Waals surface area contributed by atoms with Crippen LogP contribution in [0.3, 0.4) is 0 Å². The van der Waals surface area contributed by atoms with E-state index < -0.39 is 0 Å². The zero-order valence-corrected chi connectivity index (χ0v) is 11.5. The minimum atomic E-state index is 0.199. The summed E-state index contributed by atoms with van der Waals surface area (Å²) in [5.41, 5.74) is 6.57. The predicted octanol–water partition coefficient (Wildman–Crippen LogP) is 3.62. The Morgan fingerprint density at radius 3 is 2.75 bits per heavy atom. The number of hydrogen-bond acceptors (Lipinski definition) is 2. The minimum Gasteiger partial charge on any atom is -0.271 e. The first-order valence-corrected chi connectivity index (χ1v) is 6.20. The van der Waals surface area contributed by atoms with E-state index in [0.717, 1.165) is 17.3 Å². The van der Waals surface area contributed by atoms with Gasteiger partial charge in [-0.05, 0) is 49.9 Å². The van der Waals surface area contributed by atoms with Crippen LogP contribution >= 0.6 is 15.9 Å². The van der Waals surface area contributed by atoms with Crippen LogP contribution in [0.1, 0.15) is 36.9 Å². The van der Waals surface area contributed by atoms with Gasteiger partial charge < -0.3 is 0 Å². The van der Waals surface area contributed by atoms with Gasteiger partial charge in [0.1, 0.15) is 0 Å². The molecule has 0 saturated heterocycles. The number of hydrogen-bond donors (Lipinski definition) is 2. The van der Waals surface area contributed by atoms with Crippen molar-refractivity contribution >= 4 is 15.9 Å². The topological polar surface area (TPSA) is 38.0 Å². The van der Waals surface area contributed by atoms with Crippen LogP contribution in [-0.4, -0.2) is 0 Å². The number of nitrogens with one attached hydrogen (secondary N) is 1. The van der Waals surface area contributed by atoms with Gasteiger partial charge in [0.15, 0.2) is 0 Å². The third kappa shape index (κ3) is 3.74. The molecule has 0 spiro atoms. The third-order valence-electron chi connectivity index (χ3n) is 2.67. The molecule has 1 aromatic carbocycles. The van der Waals surface area contributed by atoms with Crippen molar-refractivity contribution in [3.8, 4) is 0 Å². The molecule has 1 unspecified atom stereocenters. The molecule has 0 fully saturated rings. The highest BCUT2D eigenvalue weighted by atomic mass is 79.9. The van der Waals surface area contributed by atoms with Crippen molar-refractivity contribution in [2.75, 3.05) is 0 Å². The summed E-state index contributed by atoms with van der Waals surface area (Å²) < 4.78 is 1.10. The van der Waals surface area contributed by atoms with Gasteiger partial charge in [-0.1, -0.05) is 27.6 Å². The second-order valence-electron chi connectivity index (χ2n) is 4.22. The monoisotopic (exact) mass is 282 g/mol. The predicted molar refractivity (Wildman–Crippen MR) is 73.0 cm³/mol. The van der Waals surface area contributed by atoms with Crippen LogP contribution in [0.5, 0.6) is 0 Å². The van der Waals surface area contributed by atoms with E-state index in [2.05, 4.69) is 47.0 Å². The van der Waals surface area contributed by atoms with E-state index >= 15 is 0 Å². The highest BCUT2D eigenvalue weighted by molar-refractivity contribution is 9.10. The first-order chi connectivity index (χ1) is 7.54. The molecular formula is C13H19BrN2. The van der Waals surface area contributed by atoms with E-state index in [4.69, 9.17) is 5.84 Å². The number of benzene rings is 1. The zero-order valence-electron chi connectivity index (χ0n) is 9.89. The van der Waals surface area contributed by atoms with Crippen molar-refractivity contribution in [2.24, 2.45) is 5.84 Å². The summed E-state index contributed by atoms with van der Waals surface area (Å²) in [5.74, 6) is 5.61. The van der Waals surface area contributed by atoms with Crippen LogP contribution in [-0.2, 0) is 0 Å². The molecule has 0 radical (unpaired) electrons. The van der Waals surface area contributed by atoms with Gasteiger partial charge >= 0.3 is 0 Å². The lowest BCUT2D eigenvalue weighted by molar-refractivity contribution is 0.513. The molecular weight excluding hydrogens is 264 g/mol. The second kappa shape index (κ2) is 6.18. The summed E-state index contributed by atoms with van der Waals surface area (Å²) in [6.07, 6.45) is 1.97. The second-order valence-corrected chi connectivity index (χ2v) is 5.13. The first-order valence-electron chi connectivity index (χ1n) is 5.41. The van der Waals surface area contributed by atoms with E-state index in [9.17, 15) is 0 Å². The van der Waals surface area contributed by atoms with Gasteiger partial charge in [-0.15, -0.1) is 6.58 Å². The van der Waals surface area contributed by atoms with Crippen molar-refractivity contribution in [2.45, 2.75) is 32.7 Å². The van der Waals surface area contributed by atoms with Gasteiger partial charge in [-0.25, -0.2) is 0 Å². The molecule has 1 aromatic rings. The van der Waals surface area contributed by atoms with E-state index in [1.165, 1.54) is 16.7 Å². The number of nitrogens with two attached hydrogens (primary N) is 1. The molecule has 0 aliphatic heterocycles. The summed E-state index contributed by atoms with van der Waals surface area (Å²) in [7, 11) is 0. The van der Waals surface area contributed by atoms with Gasteiger partial charge in [-0.3, -0.25) is 11.3 Å². The SMILES string of the molecule is C=C(C)CCC(NN)c1ccc(Br)cc1C. The van der Waals surface area contributed by atoms with Gasteiger partial charge in [0.25, 0.3) is 0 Å². The lowest BCUT2D eigenvalue weighted by atomic mass is 9.97. The number of halogens is 1. The Bertz CT molecular complexity index is 374. The summed E-state index contributed by atoms with van der Waals surface area (Å²) in [6, 6.07) is 6.47. The third-order valence-corrected chi connectivity index (χ3v) is 3.16. The highest BCUT2D eigenvalue weighted by Gasteiger charge is 2.11. The van der Waals surface area contributed by atoms with Crippen LogP contribution < -0.4 is 11.3 Å². The van der Waals surface area contributed by atoms with E-state index in [-0.39, 0.29) is 6.04 Å². The molecule has 16 heavy (non-hydrogen) atoms. The van der Waals surface area contributed by atoms with E-state index in [0.29, 0.717) is 0 Å². The van der Waals surface area contributed by atoms with Crippen LogP contribution in [0, 0.1) is 6.92 Å². The number of allylic oxidation sites excluding steroid dienone is 1. The summed E-state index contributed by atoms with van der Waals surface area (Å²) in [4.78, 5) is 0. The van der Waals surface area contributed by atoms with Crippen molar-refractivity contribution in [1.29, 1.82) is 0 Å². The van der Waals surface area contributed by atoms with Crippen LogP contribution in [0.2, 0.25) is 0 Å². The Kier molecular flexibility index (Phi) is 5.19. The Morgan fingerprint density at radius 1 is 1.56 bits per heavy atom. The lowest BCUT2D eigenvalue weighted by Gasteiger charge is -2.18. The Morgan fingerprint density at radius 2 is 2.25 bits per heavy atom. The smallest absolute Gasteiger partial charge is 0.0465 e. The molecule has 2 nitrogen and oxygen atoms in total. The molecule has 0 heterocycles. The van der Waals surface area contributed by atoms with Gasteiger partial charge in [0.2, 0.25) is 0 Å². The highest BCUT2D eigenvalue weighted by Crippen LogP contribution is 2.25. The van der Waals surface area contributed by atoms with Crippen molar-refractivity contribution < 1.29 is 0 Å². The normalized spacial score (nSPS) is 12.5. The molecule has 3 N–H and O–H groups in total. The summed E-state index contributed by atoms with van der Waals surface area (Å²) in [5, 5.41) is 0. The zero-order chi connectivity index (χ0) is 12.1. The molecule has 1 atom stereocenters. The average molecular weight is 283 g/mol. The maximum absolute atomic E-state index is 5.61. The lowest BCUT2D eigenvalue weighted by Crippen LogP contribution is -2.28. The molecule has 88 valence electrons. The first kappa shape index (κ1) is 13.4. The fourth-order valence-corrected chi connectivity index (χ4v) is 2.22. The van der Waals surface area contributed by atoms with Crippen molar-refractivity contribution in [1.82, 2.24) is 5.43 Å². The Balaban J connectivity index is 2.82. The van der Waals surface area contributed by atoms with Crippen LogP contribution in [0.15, 0.2) is 34.8 Å². The maximum Gasteiger partial charge on any atom is 0.0465 e. The molecule has 0 amide bonds.